The third kappa shape index (κ3) is 2.60. The second-order valence-corrected chi connectivity index (χ2v) is 7.13. The van der Waals surface area contributed by atoms with Crippen LogP contribution in [0.5, 0.6) is 0 Å². The Morgan fingerprint density at radius 3 is 2.70 bits per heavy atom. The Balaban J connectivity index is 1.59. The van der Waals surface area contributed by atoms with E-state index in [0.29, 0.717) is 6.04 Å². The van der Waals surface area contributed by atoms with Gasteiger partial charge in [-0.15, -0.1) is 0 Å². The van der Waals surface area contributed by atoms with Crippen molar-refractivity contribution in [2.75, 3.05) is 20.2 Å². The number of fused-ring (bicyclic) bond motifs is 1. The number of likely N-dealkylation sites (tertiary alicyclic amines) is 1. The normalized spacial score (nSPS) is 42.2. The Labute approximate surface area is 122 Å². The predicted molar refractivity (Wildman–Crippen MR) is 78.2 cm³/mol. The minimum absolute atomic E-state index is 0.229. The summed E-state index contributed by atoms with van der Waals surface area (Å²) in [6.07, 6.45) is 9.61. The van der Waals surface area contributed by atoms with Gasteiger partial charge in [-0.05, 0) is 50.5 Å². The fourth-order valence-corrected chi connectivity index (χ4v) is 4.71. The molecule has 3 aliphatic rings. The van der Waals surface area contributed by atoms with E-state index in [4.69, 9.17) is 10.5 Å². The van der Waals surface area contributed by atoms with Crippen LogP contribution in [0, 0.1) is 11.8 Å². The summed E-state index contributed by atoms with van der Waals surface area (Å²) in [5, 5.41) is 0. The van der Waals surface area contributed by atoms with Gasteiger partial charge in [0.05, 0.1) is 7.11 Å². The molecule has 0 bridgehead atoms. The number of hydrogen-bond donors (Lipinski definition) is 1. The summed E-state index contributed by atoms with van der Waals surface area (Å²) < 4.78 is 4.88. The summed E-state index contributed by atoms with van der Waals surface area (Å²) in [4.78, 5) is 14.4. The number of nitrogens with zero attached hydrogens (tertiary/aromatic N) is 1. The van der Waals surface area contributed by atoms with E-state index in [1.165, 1.54) is 52.3 Å². The van der Waals surface area contributed by atoms with E-state index in [1.54, 1.807) is 0 Å². The van der Waals surface area contributed by atoms with Gasteiger partial charge < -0.3 is 15.4 Å². The van der Waals surface area contributed by atoms with Gasteiger partial charge in [-0.25, -0.2) is 0 Å². The summed E-state index contributed by atoms with van der Waals surface area (Å²) in [5.74, 6) is 1.63. The highest BCUT2D eigenvalue weighted by atomic mass is 16.5. The lowest BCUT2D eigenvalue weighted by atomic mass is 9.75. The molecule has 4 nitrogen and oxygen atoms in total. The maximum absolute atomic E-state index is 11.8. The van der Waals surface area contributed by atoms with Crippen LogP contribution in [0.15, 0.2) is 0 Å². The van der Waals surface area contributed by atoms with Crippen molar-refractivity contribution in [1.29, 1.82) is 0 Å². The lowest BCUT2D eigenvalue weighted by molar-refractivity contribution is -0.147. The number of piperidine rings is 1. The number of rotatable bonds is 2. The first-order chi connectivity index (χ1) is 9.62. The molecule has 0 aromatic rings. The van der Waals surface area contributed by atoms with Crippen LogP contribution in [0.3, 0.4) is 0 Å². The van der Waals surface area contributed by atoms with Crippen LogP contribution >= 0.6 is 0 Å². The van der Waals surface area contributed by atoms with Crippen LogP contribution in [0.4, 0.5) is 0 Å². The van der Waals surface area contributed by atoms with Gasteiger partial charge in [-0.3, -0.25) is 4.79 Å². The largest absolute Gasteiger partial charge is 0.468 e. The summed E-state index contributed by atoms with van der Waals surface area (Å²) in [5.41, 5.74) is 5.51. The quantitative estimate of drug-likeness (QED) is 0.785. The van der Waals surface area contributed by atoms with Crippen molar-refractivity contribution in [2.24, 2.45) is 17.6 Å². The number of ether oxygens (including phenoxy) is 1. The van der Waals surface area contributed by atoms with E-state index < -0.39 is 5.54 Å². The summed E-state index contributed by atoms with van der Waals surface area (Å²) in [6.45, 7) is 2.43. The standard InChI is InChI=1S/C16H28N2O2/c1-20-15(19)16(17)8-6-14(10-16)18-9-7-12-4-2-3-5-13(12)11-18/h12-14H,2-11,17H2,1H3. The van der Waals surface area contributed by atoms with E-state index in [0.717, 1.165) is 31.1 Å². The second-order valence-electron chi connectivity index (χ2n) is 7.13. The summed E-state index contributed by atoms with van der Waals surface area (Å²) in [6, 6.07) is 0.488. The van der Waals surface area contributed by atoms with Crippen LogP contribution in [-0.2, 0) is 9.53 Å². The number of esters is 1. The summed E-state index contributed by atoms with van der Waals surface area (Å²) >= 11 is 0. The van der Waals surface area contributed by atoms with Crippen molar-refractivity contribution in [3.8, 4) is 0 Å². The van der Waals surface area contributed by atoms with Gasteiger partial charge in [0.15, 0.2) is 0 Å². The first-order valence-electron chi connectivity index (χ1n) is 8.24. The monoisotopic (exact) mass is 280 g/mol. The Morgan fingerprint density at radius 1 is 1.20 bits per heavy atom. The zero-order valence-corrected chi connectivity index (χ0v) is 12.6. The molecule has 4 atom stereocenters. The third-order valence-corrected chi connectivity index (χ3v) is 5.95. The molecule has 114 valence electrons. The average molecular weight is 280 g/mol. The first kappa shape index (κ1) is 14.3. The molecule has 1 aliphatic heterocycles. The molecule has 20 heavy (non-hydrogen) atoms. The van der Waals surface area contributed by atoms with Crippen molar-refractivity contribution in [2.45, 2.75) is 62.9 Å². The van der Waals surface area contributed by atoms with Crippen LogP contribution in [0.25, 0.3) is 0 Å². The number of methoxy groups -OCH3 is 1. The van der Waals surface area contributed by atoms with Crippen molar-refractivity contribution < 1.29 is 9.53 Å². The maximum Gasteiger partial charge on any atom is 0.325 e. The molecular weight excluding hydrogens is 252 g/mol. The molecule has 2 aliphatic carbocycles. The predicted octanol–water partition coefficient (Wildman–Crippen LogP) is 1.92. The molecule has 3 rings (SSSR count). The SMILES string of the molecule is COC(=O)C1(N)CCC(N2CCC3CCCCC3C2)C1. The fraction of sp³-hybridized carbons (Fsp3) is 0.938. The minimum atomic E-state index is -0.733. The van der Waals surface area contributed by atoms with E-state index in [2.05, 4.69) is 4.90 Å². The second kappa shape index (κ2) is 5.64. The molecule has 4 heteroatoms. The van der Waals surface area contributed by atoms with Gasteiger partial charge in [0.1, 0.15) is 5.54 Å². The van der Waals surface area contributed by atoms with Gasteiger partial charge >= 0.3 is 5.97 Å². The van der Waals surface area contributed by atoms with Crippen LogP contribution in [-0.4, -0.2) is 42.6 Å². The highest BCUT2D eigenvalue weighted by Gasteiger charge is 2.46. The van der Waals surface area contributed by atoms with Gasteiger partial charge in [-0.1, -0.05) is 19.3 Å². The zero-order valence-electron chi connectivity index (χ0n) is 12.6. The van der Waals surface area contributed by atoms with E-state index in [-0.39, 0.29) is 5.97 Å². The Morgan fingerprint density at radius 2 is 1.95 bits per heavy atom. The van der Waals surface area contributed by atoms with Crippen LogP contribution < -0.4 is 5.73 Å². The van der Waals surface area contributed by atoms with Gasteiger partial charge in [0.2, 0.25) is 0 Å². The molecule has 1 saturated heterocycles. The highest BCUT2D eigenvalue weighted by Crippen LogP contribution is 2.40. The van der Waals surface area contributed by atoms with Crippen molar-refractivity contribution >= 4 is 5.97 Å². The van der Waals surface area contributed by atoms with Crippen molar-refractivity contribution in [1.82, 2.24) is 4.90 Å². The highest BCUT2D eigenvalue weighted by molar-refractivity contribution is 5.81. The van der Waals surface area contributed by atoms with E-state index in [9.17, 15) is 4.79 Å². The lowest BCUT2D eigenvalue weighted by Gasteiger charge is -2.43. The molecule has 2 saturated carbocycles. The van der Waals surface area contributed by atoms with Gasteiger partial charge in [-0.2, -0.15) is 0 Å². The number of carbonyl (C=O) groups excluding carboxylic acids is 1. The topological polar surface area (TPSA) is 55.6 Å². The number of carbonyl (C=O) groups is 1. The Kier molecular flexibility index (Phi) is 4.04. The van der Waals surface area contributed by atoms with Crippen molar-refractivity contribution in [3.63, 3.8) is 0 Å². The molecule has 0 aromatic carbocycles. The van der Waals surface area contributed by atoms with E-state index >= 15 is 0 Å². The molecule has 0 radical (unpaired) electrons. The Bertz CT molecular complexity index is 373. The smallest absolute Gasteiger partial charge is 0.325 e. The molecular formula is C16H28N2O2. The van der Waals surface area contributed by atoms with E-state index in [1.807, 2.05) is 0 Å². The summed E-state index contributed by atoms with van der Waals surface area (Å²) in [7, 11) is 1.44. The molecule has 0 aromatic heterocycles. The molecule has 0 amide bonds. The fourth-order valence-electron chi connectivity index (χ4n) is 4.71. The number of nitrogens with two attached hydrogens (primary N) is 1. The molecule has 4 unspecified atom stereocenters. The van der Waals surface area contributed by atoms with Gasteiger partial charge in [0, 0.05) is 12.6 Å². The van der Waals surface area contributed by atoms with Crippen LogP contribution in [0.1, 0.15) is 51.4 Å². The molecule has 3 fully saturated rings. The minimum Gasteiger partial charge on any atom is -0.468 e. The average Bonchev–Trinajstić information content (AvgIpc) is 2.89. The Hall–Kier alpha value is -0.610. The van der Waals surface area contributed by atoms with Crippen molar-refractivity contribution in [3.05, 3.63) is 0 Å². The van der Waals surface area contributed by atoms with Crippen LogP contribution in [0.2, 0.25) is 0 Å². The first-order valence-corrected chi connectivity index (χ1v) is 8.24. The number of hydrogen-bond acceptors (Lipinski definition) is 4. The molecule has 2 N–H and O–H groups in total. The lowest BCUT2D eigenvalue weighted by Crippen LogP contribution is -2.50. The zero-order chi connectivity index (χ0) is 14.2. The molecule has 0 spiro atoms. The maximum atomic E-state index is 11.8. The third-order valence-electron chi connectivity index (χ3n) is 5.95. The van der Waals surface area contributed by atoms with Gasteiger partial charge in [0.25, 0.3) is 0 Å². The molecule has 1 heterocycles.